The fourth-order valence-corrected chi connectivity index (χ4v) is 2.28. The molecule has 0 atom stereocenters. The molecule has 24 heavy (non-hydrogen) atoms. The van der Waals surface area contributed by atoms with Gasteiger partial charge in [-0.3, -0.25) is 4.79 Å². The van der Waals surface area contributed by atoms with Crippen molar-refractivity contribution in [3.8, 4) is 6.07 Å². The normalized spacial score (nSPS) is 10.8. The number of carbonyl (C=O) groups excluding carboxylic acids is 1. The Morgan fingerprint density at radius 3 is 2.46 bits per heavy atom. The SMILES string of the molecule is CN(/C=C(/C#N)C(=O)NCc1ccc(Cl)cc1)Cc1ccccc1. The van der Waals surface area contributed by atoms with Crippen LogP contribution in [-0.4, -0.2) is 17.9 Å². The molecule has 122 valence electrons. The molecule has 0 aliphatic heterocycles. The van der Waals surface area contributed by atoms with Crippen LogP contribution < -0.4 is 5.32 Å². The second-order valence-corrected chi connectivity index (χ2v) is 5.80. The van der Waals surface area contributed by atoms with E-state index in [1.54, 1.807) is 18.3 Å². The van der Waals surface area contributed by atoms with Gasteiger partial charge in [0.05, 0.1) is 0 Å². The van der Waals surface area contributed by atoms with Gasteiger partial charge in [-0.15, -0.1) is 0 Å². The third kappa shape index (κ3) is 5.45. The Hall–Kier alpha value is -2.77. The minimum Gasteiger partial charge on any atom is -0.375 e. The largest absolute Gasteiger partial charge is 0.375 e. The van der Waals surface area contributed by atoms with Crippen LogP contribution in [0.5, 0.6) is 0 Å². The quantitative estimate of drug-likeness (QED) is 0.647. The van der Waals surface area contributed by atoms with Crippen LogP contribution in [0, 0.1) is 11.3 Å². The Morgan fingerprint density at radius 2 is 1.83 bits per heavy atom. The zero-order valence-electron chi connectivity index (χ0n) is 13.4. The first-order chi connectivity index (χ1) is 11.6. The second kappa shape index (κ2) is 8.76. The number of halogens is 1. The highest BCUT2D eigenvalue weighted by molar-refractivity contribution is 6.30. The maximum Gasteiger partial charge on any atom is 0.263 e. The molecule has 1 amide bonds. The lowest BCUT2D eigenvalue weighted by molar-refractivity contribution is -0.117. The van der Waals surface area contributed by atoms with Gasteiger partial charge in [0, 0.05) is 31.4 Å². The molecule has 1 N–H and O–H groups in total. The molecule has 0 radical (unpaired) electrons. The maximum absolute atomic E-state index is 12.1. The number of nitrogens with one attached hydrogen (secondary N) is 1. The van der Waals surface area contributed by atoms with Gasteiger partial charge in [0.2, 0.25) is 0 Å². The molecule has 2 rings (SSSR count). The van der Waals surface area contributed by atoms with E-state index in [-0.39, 0.29) is 5.57 Å². The van der Waals surface area contributed by atoms with Gasteiger partial charge in [-0.2, -0.15) is 5.26 Å². The third-order valence-electron chi connectivity index (χ3n) is 3.36. The molecule has 0 saturated heterocycles. The summed E-state index contributed by atoms with van der Waals surface area (Å²) >= 11 is 5.83. The van der Waals surface area contributed by atoms with Crippen LogP contribution in [0.1, 0.15) is 11.1 Å². The van der Waals surface area contributed by atoms with Gasteiger partial charge in [-0.1, -0.05) is 54.1 Å². The maximum atomic E-state index is 12.1. The molecular formula is C19H18ClN3O. The summed E-state index contributed by atoms with van der Waals surface area (Å²) in [6, 6.07) is 19.0. The number of hydrogen-bond acceptors (Lipinski definition) is 3. The summed E-state index contributed by atoms with van der Waals surface area (Å²) in [6.45, 7) is 0.966. The molecule has 5 heteroatoms. The average molecular weight is 340 g/mol. The van der Waals surface area contributed by atoms with Crippen molar-refractivity contribution in [2.24, 2.45) is 0 Å². The standard InChI is InChI=1S/C19H18ClN3O/c1-23(13-16-5-3-2-4-6-16)14-17(11-21)19(24)22-12-15-7-9-18(20)10-8-15/h2-10,14H,12-13H2,1H3,(H,22,24)/b17-14-. The predicted molar refractivity (Wildman–Crippen MR) is 94.9 cm³/mol. The first-order valence-corrected chi connectivity index (χ1v) is 7.85. The van der Waals surface area contributed by atoms with Crippen molar-refractivity contribution < 1.29 is 4.79 Å². The topological polar surface area (TPSA) is 56.1 Å². The minimum absolute atomic E-state index is 0.0717. The van der Waals surface area contributed by atoms with Crippen LogP contribution in [-0.2, 0) is 17.9 Å². The fraction of sp³-hybridized carbons (Fsp3) is 0.158. The Morgan fingerprint density at radius 1 is 1.17 bits per heavy atom. The second-order valence-electron chi connectivity index (χ2n) is 5.36. The van der Waals surface area contributed by atoms with Crippen molar-refractivity contribution in [1.29, 1.82) is 5.26 Å². The number of nitriles is 1. The number of rotatable bonds is 6. The lowest BCUT2D eigenvalue weighted by atomic mass is 10.2. The lowest BCUT2D eigenvalue weighted by Crippen LogP contribution is -2.25. The lowest BCUT2D eigenvalue weighted by Gasteiger charge is -2.15. The highest BCUT2D eigenvalue weighted by Gasteiger charge is 2.10. The molecule has 0 spiro atoms. The number of benzene rings is 2. The summed E-state index contributed by atoms with van der Waals surface area (Å²) in [4.78, 5) is 14.0. The van der Waals surface area contributed by atoms with Gasteiger partial charge < -0.3 is 10.2 Å². The summed E-state index contributed by atoms with van der Waals surface area (Å²) in [6.07, 6.45) is 1.56. The zero-order valence-corrected chi connectivity index (χ0v) is 14.1. The van der Waals surface area contributed by atoms with Gasteiger partial charge in [0.25, 0.3) is 5.91 Å². The number of carbonyl (C=O) groups is 1. The highest BCUT2D eigenvalue weighted by Crippen LogP contribution is 2.09. The van der Waals surface area contributed by atoms with E-state index < -0.39 is 5.91 Å². The van der Waals surface area contributed by atoms with Crippen molar-refractivity contribution in [3.63, 3.8) is 0 Å². The Balaban J connectivity index is 1.95. The Bertz CT molecular complexity index is 748. The van der Waals surface area contributed by atoms with Gasteiger partial charge in [-0.05, 0) is 23.3 Å². The van der Waals surface area contributed by atoms with E-state index in [0.717, 1.165) is 11.1 Å². The first kappa shape index (κ1) is 17.6. The number of hydrogen-bond donors (Lipinski definition) is 1. The predicted octanol–water partition coefficient (Wildman–Crippen LogP) is 3.50. The van der Waals surface area contributed by atoms with Gasteiger partial charge in [0.1, 0.15) is 11.6 Å². The summed E-state index contributed by atoms with van der Waals surface area (Å²) in [7, 11) is 1.83. The van der Waals surface area contributed by atoms with Crippen LogP contribution in [0.4, 0.5) is 0 Å². The summed E-state index contributed by atoms with van der Waals surface area (Å²) in [5, 5.41) is 12.6. The van der Waals surface area contributed by atoms with Crippen molar-refractivity contribution in [2.45, 2.75) is 13.1 Å². The summed E-state index contributed by atoms with van der Waals surface area (Å²) < 4.78 is 0. The van der Waals surface area contributed by atoms with Crippen molar-refractivity contribution in [3.05, 3.63) is 82.5 Å². The minimum atomic E-state index is -0.396. The van der Waals surface area contributed by atoms with E-state index in [2.05, 4.69) is 5.32 Å². The number of nitrogens with zero attached hydrogens (tertiary/aromatic N) is 2. The van der Waals surface area contributed by atoms with E-state index in [0.29, 0.717) is 18.1 Å². The molecule has 0 aliphatic rings. The molecule has 4 nitrogen and oxygen atoms in total. The molecule has 0 bridgehead atoms. The molecular weight excluding hydrogens is 322 g/mol. The van der Waals surface area contributed by atoms with E-state index in [1.165, 1.54) is 0 Å². The summed E-state index contributed by atoms with van der Waals surface area (Å²) in [5.41, 5.74) is 2.10. The van der Waals surface area contributed by atoms with Crippen molar-refractivity contribution >= 4 is 17.5 Å². The van der Waals surface area contributed by atoms with Crippen molar-refractivity contribution in [2.75, 3.05) is 7.05 Å². The van der Waals surface area contributed by atoms with E-state index in [9.17, 15) is 10.1 Å². The third-order valence-corrected chi connectivity index (χ3v) is 3.61. The van der Waals surface area contributed by atoms with Crippen LogP contribution in [0.15, 0.2) is 66.4 Å². The van der Waals surface area contributed by atoms with Gasteiger partial charge in [-0.25, -0.2) is 0 Å². The van der Waals surface area contributed by atoms with Gasteiger partial charge in [0.15, 0.2) is 0 Å². The molecule has 0 aromatic heterocycles. The van der Waals surface area contributed by atoms with Crippen LogP contribution in [0.2, 0.25) is 5.02 Å². The van der Waals surface area contributed by atoms with E-state index in [4.69, 9.17) is 11.6 Å². The molecule has 2 aromatic rings. The van der Waals surface area contributed by atoms with Crippen LogP contribution >= 0.6 is 11.6 Å². The molecule has 0 aliphatic carbocycles. The molecule has 0 saturated carbocycles. The smallest absolute Gasteiger partial charge is 0.263 e. The monoisotopic (exact) mass is 339 g/mol. The molecule has 0 heterocycles. The van der Waals surface area contributed by atoms with E-state index in [1.807, 2.05) is 60.5 Å². The van der Waals surface area contributed by atoms with Crippen LogP contribution in [0.3, 0.4) is 0 Å². The fourth-order valence-electron chi connectivity index (χ4n) is 2.16. The summed E-state index contributed by atoms with van der Waals surface area (Å²) in [5.74, 6) is -0.396. The van der Waals surface area contributed by atoms with Gasteiger partial charge >= 0.3 is 0 Å². The highest BCUT2D eigenvalue weighted by atomic mass is 35.5. The molecule has 2 aromatic carbocycles. The number of amides is 1. The molecule has 0 fully saturated rings. The first-order valence-electron chi connectivity index (χ1n) is 7.47. The van der Waals surface area contributed by atoms with Crippen LogP contribution in [0.25, 0.3) is 0 Å². The zero-order chi connectivity index (χ0) is 17.4. The Kier molecular flexibility index (Phi) is 6.41. The Labute approximate surface area is 147 Å². The average Bonchev–Trinajstić information content (AvgIpc) is 2.59. The van der Waals surface area contributed by atoms with E-state index >= 15 is 0 Å². The molecule has 0 unspecified atom stereocenters. The van der Waals surface area contributed by atoms with Crippen molar-refractivity contribution in [1.82, 2.24) is 10.2 Å².